The van der Waals surface area contributed by atoms with Crippen molar-refractivity contribution >= 4 is 0 Å². The van der Waals surface area contributed by atoms with E-state index in [1.54, 1.807) is 0 Å². The van der Waals surface area contributed by atoms with Crippen LogP contribution < -0.4 is 5.32 Å². The fourth-order valence-electron chi connectivity index (χ4n) is 4.74. The summed E-state index contributed by atoms with van der Waals surface area (Å²) in [6, 6.07) is 0.778. The van der Waals surface area contributed by atoms with Gasteiger partial charge >= 0.3 is 0 Å². The third kappa shape index (κ3) is 2.92. The molecule has 1 N–H and O–H groups in total. The Morgan fingerprint density at radius 1 is 1.11 bits per heavy atom. The van der Waals surface area contributed by atoms with Crippen molar-refractivity contribution in [1.29, 1.82) is 0 Å². The second kappa shape index (κ2) is 5.94. The molecule has 0 radical (unpaired) electrons. The van der Waals surface area contributed by atoms with E-state index in [2.05, 4.69) is 33.1 Å². The number of hydrogen-bond acceptors (Lipinski definition) is 1. The van der Waals surface area contributed by atoms with Crippen molar-refractivity contribution in [3.8, 4) is 0 Å². The molecule has 1 nitrogen and oxygen atoms in total. The zero-order chi connectivity index (χ0) is 13.2. The quantitative estimate of drug-likeness (QED) is 0.769. The van der Waals surface area contributed by atoms with Gasteiger partial charge in [-0.15, -0.1) is 0 Å². The third-order valence-corrected chi connectivity index (χ3v) is 6.08. The molecule has 0 aromatic carbocycles. The van der Waals surface area contributed by atoms with Crippen molar-refractivity contribution in [1.82, 2.24) is 5.32 Å². The van der Waals surface area contributed by atoms with Gasteiger partial charge in [0.05, 0.1) is 0 Å². The van der Waals surface area contributed by atoms with Crippen LogP contribution >= 0.6 is 0 Å². The maximum absolute atomic E-state index is 3.70. The highest BCUT2D eigenvalue weighted by molar-refractivity contribution is 4.95. The standard InChI is InChI=1S/C17H33N/c1-5-13-8-10-14(11-9-13)16(18-4)15-7-6-12-17(15,2)3/h13-16,18H,5-12H2,1-4H3. The maximum Gasteiger partial charge on any atom is 0.0126 e. The van der Waals surface area contributed by atoms with Gasteiger partial charge in [0, 0.05) is 6.04 Å². The van der Waals surface area contributed by atoms with E-state index in [1.165, 1.54) is 51.4 Å². The van der Waals surface area contributed by atoms with E-state index in [0.29, 0.717) is 5.41 Å². The van der Waals surface area contributed by atoms with E-state index in [0.717, 1.165) is 23.8 Å². The Labute approximate surface area is 114 Å². The van der Waals surface area contributed by atoms with Crippen molar-refractivity contribution < 1.29 is 0 Å². The Morgan fingerprint density at radius 2 is 1.78 bits per heavy atom. The van der Waals surface area contributed by atoms with E-state index in [9.17, 15) is 0 Å². The van der Waals surface area contributed by atoms with Crippen molar-refractivity contribution in [2.75, 3.05) is 7.05 Å². The van der Waals surface area contributed by atoms with E-state index in [-0.39, 0.29) is 0 Å². The number of rotatable bonds is 4. The topological polar surface area (TPSA) is 12.0 Å². The summed E-state index contributed by atoms with van der Waals surface area (Å²) in [4.78, 5) is 0. The van der Waals surface area contributed by atoms with Gasteiger partial charge in [-0.2, -0.15) is 0 Å². The van der Waals surface area contributed by atoms with Crippen LogP contribution in [0.15, 0.2) is 0 Å². The fraction of sp³-hybridized carbons (Fsp3) is 1.00. The molecule has 2 atom stereocenters. The summed E-state index contributed by atoms with van der Waals surface area (Å²) < 4.78 is 0. The van der Waals surface area contributed by atoms with Gasteiger partial charge in [-0.25, -0.2) is 0 Å². The first-order valence-corrected chi connectivity index (χ1v) is 8.25. The summed E-state index contributed by atoms with van der Waals surface area (Å²) in [6.07, 6.45) is 11.6. The van der Waals surface area contributed by atoms with Gasteiger partial charge in [-0.3, -0.25) is 0 Å². The van der Waals surface area contributed by atoms with Crippen LogP contribution in [-0.2, 0) is 0 Å². The molecule has 106 valence electrons. The molecule has 1 heteroatoms. The lowest BCUT2D eigenvalue weighted by Gasteiger charge is -2.41. The predicted molar refractivity (Wildman–Crippen MR) is 79.7 cm³/mol. The molecule has 2 saturated carbocycles. The highest BCUT2D eigenvalue weighted by Crippen LogP contribution is 2.47. The molecule has 0 amide bonds. The first-order chi connectivity index (χ1) is 8.58. The van der Waals surface area contributed by atoms with Crippen LogP contribution in [0.25, 0.3) is 0 Å². The van der Waals surface area contributed by atoms with Crippen LogP contribution in [0.5, 0.6) is 0 Å². The number of hydrogen-bond donors (Lipinski definition) is 1. The molecule has 0 aromatic rings. The minimum absolute atomic E-state index is 0.565. The van der Waals surface area contributed by atoms with E-state index in [4.69, 9.17) is 0 Å². The monoisotopic (exact) mass is 251 g/mol. The lowest BCUT2D eigenvalue weighted by Crippen LogP contribution is -2.45. The fourth-order valence-corrected chi connectivity index (χ4v) is 4.74. The lowest BCUT2D eigenvalue weighted by atomic mass is 9.68. The molecule has 2 aliphatic carbocycles. The largest absolute Gasteiger partial charge is 0.316 e. The summed E-state index contributed by atoms with van der Waals surface area (Å²) >= 11 is 0. The van der Waals surface area contributed by atoms with Gasteiger partial charge in [0.2, 0.25) is 0 Å². The minimum atomic E-state index is 0.565. The molecule has 2 rings (SSSR count). The summed E-state index contributed by atoms with van der Waals surface area (Å²) in [5, 5.41) is 3.70. The highest BCUT2D eigenvalue weighted by atomic mass is 14.9. The maximum atomic E-state index is 3.70. The third-order valence-electron chi connectivity index (χ3n) is 6.08. The smallest absolute Gasteiger partial charge is 0.0126 e. The molecular weight excluding hydrogens is 218 g/mol. The van der Waals surface area contributed by atoms with E-state index >= 15 is 0 Å². The van der Waals surface area contributed by atoms with Gasteiger partial charge in [0.1, 0.15) is 0 Å². The Balaban J connectivity index is 1.97. The first-order valence-electron chi connectivity index (χ1n) is 8.25. The molecule has 0 aliphatic heterocycles. The number of nitrogens with one attached hydrogen (secondary N) is 1. The molecule has 0 heterocycles. The van der Waals surface area contributed by atoms with Gasteiger partial charge in [-0.1, -0.05) is 46.5 Å². The second-order valence-electron chi connectivity index (χ2n) is 7.49. The first kappa shape index (κ1) is 14.4. The van der Waals surface area contributed by atoms with Crippen molar-refractivity contribution in [2.24, 2.45) is 23.2 Å². The van der Waals surface area contributed by atoms with Gasteiger partial charge in [0.25, 0.3) is 0 Å². The average Bonchev–Trinajstić information content (AvgIpc) is 2.71. The molecule has 2 fully saturated rings. The predicted octanol–water partition coefficient (Wildman–Crippen LogP) is 4.62. The van der Waals surface area contributed by atoms with Crippen LogP contribution in [0, 0.1) is 23.2 Å². The lowest BCUT2D eigenvalue weighted by molar-refractivity contribution is 0.123. The Hall–Kier alpha value is -0.0400. The second-order valence-corrected chi connectivity index (χ2v) is 7.49. The summed E-state index contributed by atoms with van der Waals surface area (Å²) in [6.45, 7) is 7.35. The average molecular weight is 251 g/mol. The summed E-state index contributed by atoms with van der Waals surface area (Å²) in [7, 11) is 2.20. The van der Waals surface area contributed by atoms with Gasteiger partial charge in [0.15, 0.2) is 0 Å². The molecule has 2 aliphatic rings. The zero-order valence-corrected chi connectivity index (χ0v) is 13.0. The van der Waals surface area contributed by atoms with Crippen molar-refractivity contribution in [3.05, 3.63) is 0 Å². The zero-order valence-electron chi connectivity index (χ0n) is 13.0. The van der Waals surface area contributed by atoms with Gasteiger partial charge < -0.3 is 5.32 Å². The molecular formula is C17H33N. The minimum Gasteiger partial charge on any atom is -0.316 e. The normalized spacial score (nSPS) is 37.7. The van der Waals surface area contributed by atoms with Crippen molar-refractivity contribution in [3.63, 3.8) is 0 Å². The molecule has 0 saturated heterocycles. The van der Waals surface area contributed by atoms with E-state index < -0.39 is 0 Å². The molecule has 0 aromatic heterocycles. The SMILES string of the molecule is CCC1CCC(C(NC)C2CCCC2(C)C)CC1. The van der Waals surface area contributed by atoms with Crippen LogP contribution in [0.3, 0.4) is 0 Å². The van der Waals surface area contributed by atoms with E-state index in [1.807, 2.05) is 0 Å². The van der Waals surface area contributed by atoms with Crippen LogP contribution in [0.4, 0.5) is 0 Å². The Bertz CT molecular complexity index is 250. The molecule has 2 unspecified atom stereocenters. The molecule has 18 heavy (non-hydrogen) atoms. The Kier molecular flexibility index (Phi) is 4.75. The summed E-state index contributed by atoms with van der Waals surface area (Å²) in [5.41, 5.74) is 0.565. The Morgan fingerprint density at radius 3 is 2.22 bits per heavy atom. The molecule has 0 bridgehead atoms. The van der Waals surface area contributed by atoms with Crippen molar-refractivity contribution in [2.45, 2.75) is 78.2 Å². The van der Waals surface area contributed by atoms with Crippen LogP contribution in [0.2, 0.25) is 0 Å². The summed E-state index contributed by atoms with van der Waals surface area (Å²) in [5.74, 6) is 2.88. The highest BCUT2D eigenvalue weighted by Gasteiger charge is 2.42. The molecule has 0 spiro atoms. The van der Waals surface area contributed by atoms with Crippen LogP contribution in [0.1, 0.15) is 72.1 Å². The van der Waals surface area contributed by atoms with Gasteiger partial charge in [-0.05, 0) is 55.9 Å². The van der Waals surface area contributed by atoms with Crippen LogP contribution in [-0.4, -0.2) is 13.1 Å².